The largest absolute Gasteiger partial charge is 0.301 e. The number of aromatic nitrogens is 3. The van der Waals surface area contributed by atoms with Gasteiger partial charge in [-0.05, 0) is 59.2 Å². The van der Waals surface area contributed by atoms with Crippen LogP contribution in [0, 0.1) is 0 Å². The minimum absolute atomic E-state index is 0.661. The van der Waals surface area contributed by atoms with Gasteiger partial charge in [0.05, 0.1) is 10.6 Å². The maximum Gasteiger partial charge on any atom is 0.174 e. The first-order valence-electron chi connectivity index (χ1n) is 17.4. The fraction of sp³-hybridized carbons (Fsp3) is 0. The normalized spacial score (nSPS) is 11.0. The Kier molecular flexibility index (Phi) is 8.96. The molecule has 9 aromatic rings. The highest BCUT2D eigenvalue weighted by molar-refractivity contribution is 7.25. The average Bonchev–Trinajstić information content (AvgIpc) is 3.94. The van der Waals surface area contributed by atoms with E-state index in [-0.39, 0.29) is 0 Å². The second kappa shape index (κ2) is 14.6. The first-order chi connectivity index (χ1) is 26.3. The highest BCUT2D eigenvalue weighted by atomic mass is 32.1. The van der Waals surface area contributed by atoms with Crippen molar-refractivity contribution in [3.8, 4) is 65.5 Å². The molecule has 0 saturated carbocycles. The smallest absolute Gasteiger partial charge is 0.174 e. The van der Waals surface area contributed by atoms with E-state index < -0.39 is 0 Å². The van der Waals surface area contributed by atoms with Gasteiger partial charge in [-0.15, -0.1) is 22.7 Å². The third-order valence-electron chi connectivity index (χ3n) is 9.04. The predicted molar refractivity (Wildman–Crippen MR) is 223 cm³/mol. The van der Waals surface area contributed by atoms with E-state index in [4.69, 9.17) is 15.0 Å². The fourth-order valence-electron chi connectivity index (χ4n) is 6.44. The van der Waals surface area contributed by atoms with Gasteiger partial charge in [0.2, 0.25) is 0 Å². The van der Waals surface area contributed by atoms with Crippen molar-refractivity contribution in [2.24, 2.45) is 0 Å². The first kappa shape index (κ1) is 32.4. The molecule has 3 heterocycles. The molecule has 0 amide bonds. The van der Waals surface area contributed by atoms with Gasteiger partial charge in [-0.25, -0.2) is 15.0 Å². The highest BCUT2D eigenvalue weighted by Gasteiger charge is 2.20. The molecule has 0 spiro atoms. The number of rotatable bonds is 9. The van der Waals surface area contributed by atoms with Crippen molar-refractivity contribution in [3.05, 3.63) is 194 Å². The number of hydrogen-bond donors (Lipinski definition) is 0. The van der Waals surface area contributed by atoms with Gasteiger partial charge in [-0.3, -0.25) is 0 Å². The van der Waals surface area contributed by atoms with E-state index in [0.29, 0.717) is 17.5 Å². The molecule has 4 nitrogen and oxygen atoms in total. The topological polar surface area (TPSA) is 41.9 Å². The van der Waals surface area contributed by atoms with Crippen LogP contribution in [0.4, 0.5) is 16.4 Å². The van der Waals surface area contributed by atoms with Gasteiger partial charge in [-0.2, -0.15) is 0 Å². The second-order valence-corrected chi connectivity index (χ2v) is 14.6. The van der Waals surface area contributed by atoms with Crippen molar-refractivity contribution in [2.75, 3.05) is 4.90 Å². The molecule has 0 aliphatic carbocycles. The van der Waals surface area contributed by atoms with E-state index in [1.807, 2.05) is 60.7 Å². The van der Waals surface area contributed by atoms with Crippen LogP contribution in [0.2, 0.25) is 0 Å². The van der Waals surface area contributed by atoms with Crippen molar-refractivity contribution < 1.29 is 0 Å². The summed E-state index contributed by atoms with van der Waals surface area (Å²) in [7, 11) is 0. The lowest BCUT2D eigenvalue weighted by Crippen LogP contribution is -2.09. The monoisotopic (exact) mass is 716 g/mol. The van der Waals surface area contributed by atoms with Crippen molar-refractivity contribution in [1.29, 1.82) is 0 Å². The summed E-state index contributed by atoms with van der Waals surface area (Å²) in [5.74, 6) is 1.99. The molecule has 6 aromatic carbocycles. The molecule has 252 valence electrons. The Morgan fingerprint density at radius 2 is 0.774 bits per heavy atom. The molecule has 0 saturated heterocycles. The molecule has 0 aliphatic heterocycles. The van der Waals surface area contributed by atoms with E-state index in [0.717, 1.165) is 37.3 Å². The van der Waals surface area contributed by atoms with Gasteiger partial charge < -0.3 is 4.90 Å². The van der Waals surface area contributed by atoms with Crippen molar-refractivity contribution >= 4 is 39.0 Å². The lowest BCUT2D eigenvalue weighted by atomic mass is 10.0. The third kappa shape index (κ3) is 6.81. The standard InChI is InChI=1S/C47H32N4S2/c1-5-15-33(16-6-1)34-25-27-38(28-26-34)51(40-24-14-13-23-39(40)35-17-7-2-8-18-35)44-32-31-42(53-44)41-29-30-43(52-41)47-49-45(36-19-9-3-10-20-36)48-46(50-47)37-21-11-4-12-22-37/h1-32H. The number of anilines is 3. The van der Waals surface area contributed by atoms with Gasteiger partial charge in [0.15, 0.2) is 17.5 Å². The fourth-order valence-corrected chi connectivity index (χ4v) is 8.51. The van der Waals surface area contributed by atoms with E-state index in [1.165, 1.54) is 27.1 Å². The Balaban J connectivity index is 1.11. The van der Waals surface area contributed by atoms with E-state index in [1.54, 1.807) is 22.7 Å². The molecule has 0 N–H and O–H groups in total. The van der Waals surface area contributed by atoms with Crippen LogP contribution in [0.5, 0.6) is 0 Å². The van der Waals surface area contributed by atoms with Crippen LogP contribution >= 0.6 is 22.7 Å². The van der Waals surface area contributed by atoms with E-state index in [9.17, 15) is 0 Å². The first-order valence-corrected chi connectivity index (χ1v) is 19.1. The number of hydrogen-bond acceptors (Lipinski definition) is 6. The van der Waals surface area contributed by atoms with Crippen LogP contribution in [-0.4, -0.2) is 15.0 Å². The van der Waals surface area contributed by atoms with Gasteiger partial charge in [0.1, 0.15) is 5.00 Å². The summed E-state index contributed by atoms with van der Waals surface area (Å²) in [5, 5.41) is 1.13. The molecule has 0 aliphatic rings. The summed E-state index contributed by atoms with van der Waals surface area (Å²) in [6, 6.07) is 67.7. The molecule has 0 fully saturated rings. The number of nitrogens with zero attached hydrogens (tertiary/aromatic N) is 4. The highest BCUT2D eigenvalue weighted by Crippen LogP contribution is 2.47. The van der Waals surface area contributed by atoms with Crippen molar-refractivity contribution in [1.82, 2.24) is 15.0 Å². The summed E-state index contributed by atoms with van der Waals surface area (Å²) in [6.45, 7) is 0. The maximum atomic E-state index is 4.97. The SMILES string of the molecule is c1ccc(-c2ccc(N(c3ccc(-c4ccc(-c5nc(-c6ccccc6)nc(-c6ccccc6)n5)s4)s3)c3ccccc3-c3ccccc3)cc2)cc1. The summed E-state index contributed by atoms with van der Waals surface area (Å²) in [6.07, 6.45) is 0. The number of thiophene rings is 2. The Morgan fingerprint density at radius 3 is 1.40 bits per heavy atom. The average molecular weight is 717 g/mol. The molecular weight excluding hydrogens is 685 g/mol. The zero-order chi connectivity index (χ0) is 35.4. The van der Waals surface area contributed by atoms with Gasteiger partial charge >= 0.3 is 0 Å². The van der Waals surface area contributed by atoms with Crippen LogP contribution in [0.15, 0.2) is 194 Å². The third-order valence-corrected chi connectivity index (χ3v) is 11.4. The molecular formula is C47H32N4S2. The molecule has 0 bridgehead atoms. The lowest BCUT2D eigenvalue weighted by Gasteiger charge is -2.26. The predicted octanol–water partition coefficient (Wildman–Crippen LogP) is 13.5. The van der Waals surface area contributed by atoms with Crippen LogP contribution in [-0.2, 0) is 0 Å². The molecule has 3 aromatic heterocycles. The van der Waals surface area contributed by atoms with Crippen LogP contribution < -0.4 is 4.90 Å². The number of benzene rings is 6. The van der Waals surface area contributed by atoms with E-state index in [2.05, 4.69) is 138 Å². The van der Waals surface area contributed by atoms with Crippen LogP contribution in [0.1, 0.15) is 0 Å². The van der Waals surface area contributed by atoms with Gasteiger partial charge in [0, 0.05) is 32.1 Å². The molecule has 6 heteroatoms. The Labute approximate surface area is 317 Å². The lowest BCUT2D eigenvalue weighted by molar-refractivity contribution is 1.08. The van der Waals surface area contributed by atoms with E-state index >= 15 is 0 Å². The Morgan fingerprint density at radius 1 is 0.321 bits per heavy atom. The van der Waals surface area contributed by atoms with Crippen molar-refractivity contribution in [2.45, 2.75) is 0 Å². The Bertz CT molecular complexity index is 2540. The maximum absolute atomic E-state index is 4.97. The van der Waals surface area contributed by atoms with Crippen molar-refractivity contribution in [3.63, 3.8) is 0 Å². The molecule has 0 atom stereocenters. The second-order valence-electron chi connectivity index (χ2n) is 12.5. The zero-order valence-electron chi connectivity index (χ0n) is 28.6. The van der Waals surface area contributed by atoms with Crippen LogP contribution in [0.25, 0.3) is 65.5 Å². The summed E-state index contributed by atoms with van der Waals surface area (Å²) in [5.41, 5.74) is 8.88. The molecule has 9 rings (SSSR count). The quantitative estimate of drug-likeness (QED) is 0.149. The van der Waals surface area contributed by atoms with Gasteiger partial charge in [0.25, 0.3) is 0 Å². The zero-order valence-corrected chi connectivity index (χ0v) is 30.2. The number of para-hydroxylation sites is 1. The minimum Gasteiger partial charge on any atom is -0.301 e. The molecule has 53 heavy (non-hydrogen) atoms. The van der Waals surface area contributed by atoms with Gasteiger partial charge in [-0.1, -0.05) is 152 Å². The molecule has 0 radical (unpaired) electrons. The minimum atomic E-state index is 0.661. The molecule has 0 unspecified atom stereocenters. The summed E-state index contributed by atoms with van der Waals surface area (Å²) in [4.78, 5) is 20.5. The summed E-state index contributed by atoms with van der Waals surface area (Å²) >= 11 is 3.48. The summed E-state index contributed by atoms with van der Waals surface area (Å²) < 4.78 is 0. The van der Waals surface area contributed by atoms with Crippen LogP contribution in [0.3, 0.4) is 0 Å². The Hall–Kier alpha value is -6.47.